The van der Waals surface area contributed by atoms with Gasteiger partial charge in [-0.3, -0.25) is 19.5 Å². The van der Waals surface area contributed by atoms with Gasteiger partial charge >= 0.3 is 0 Å². The molecule has 1 amide bonds. The molecule has 0 aliphatic carbocycles. The Hall–Kier alpha value is -3.63. The molecular formula is C22H18ClN5O4S. The Morgan fingerprint density at radius 1 is 1.18 bits per heavy atom. The average Bonchev–Trinajstić information content (AvgIpc) is 3.45. The van der Waals surface area contributed by atoms with Gasteiger partial charge in [-0.25, -0.2) is 0 Å². The highest BCUT2D eigenvalue weighted by molar-refractivity contribution is 8.00. The van der Waals surface area contributed by atoms with Gasteiger partial charge in [-0.2, -0.15) is 0 Å². The van der Waals surface area contributed by atoms with Crippen LogP contribution in [0.15, 0.2) is 76.5 Å². The van der Waals surface area contributed by atoms with Crippen LogP contribution in [0.2, 0.25) is 5.02 Å². The van der Waals surface area contributed by atoms with Crippen molar-refractivity contribution in [3.05, 3.63) is 87.8 Å². The summed E-state index contributed by atoms with van der Waals surface area (Å²) >= 11 is 7.20. The molecule has 0 aliphatic rings. The number of furan rings is 1. The van der Waals surface area contributed by atoms with Gasteiger partial charge in [-0.15, -0.1) is 10.2 Å². The molecular weight excluding hydrogens is 466 g/mol. The maximum atomic E-state index is 12.8. The second-order valence-electron chi connectivity index (χ2n) is 7.00. The molecule has 11 heteroatoms. The van der Waals surface area contributed by atoms with Crippen molar-refractivity contribution in [1.82, 2.24) is 14.8 Å². The number of hydrogen-bond acceptors (Lipinski definition) is 7. The van der Waals surface area contributed by atoms with Gasteiger partial charge in [0.05, 0.1) is 23.0 Å². The average molecular weight is 484 g/mol. The zero-order valence-corrected chi connectivity index (χ0v) is 18.9. The van der Waals surface area contributed by atoms with Gasteiger partial charge in [0, 0.05) is 16.7 Å². The normalized spacial score (nSPS) is 11.8. The third-order valence-electron chi connectivity index (χ3n) is 4.72. The van der Waals surface area contributed by atoms with Gasteiger partial charge in [-0.05, 0) is 49.4 Å². The molecule has 2 aromatic carbocycles. The van der Waals surface area contributed by atoms with Crippen molar-refractivity contribution >= 4 is 40.6 Å². The van der Waals surface area contributed by atoms with Crippen LogP contribution in [0, 0.1) is 10.1 Å². The predicted octanol–water partition coefficient (Wildman–Crippen LogP) is 5.27. The number of halogens is 1. The van der Waals surface area contributed by atoms with Gasteiger partial charge in [0.15, 0.2) is 11.0 Å². The number of nitro benzene ring substituents is 1. The molecule has 9 nitrogen and oxygen atoms in total. The molecule has 0 spiro atoms. The summed E-state index contributed by atoms with van der Waals surface area (Å²) in [5.41, 5.74) is 0.773. The zero-order valence-electron chi connectivity index (χ0n) is 17.3. The van der Waals surface area contributed by atoms with Gasteiger partial charge in [-0.1, -0.05) is 35.5 Å². The van der Waals surface area contributed by atoms with Crippen LogP contribution in [0.25, 0.3) is 11.4 Å². The Morgan fingerprint density at radius 3 is 2.64 bits per heavy atom. The van der Waals surface area contributed by atoms with E-state index in [0.717, 1.165) is 5.56 Å². The second-order valence-corrected chi connectivity index (χ2v) is 8.75. The summed E-state index contributed by atoms with van der Waals surface area (Å²) in [7, 11) is 0. The van der Waals surface area contributed by atoms with E-state index < -0.39 is 16.1 Å². The fourth-order valence-corrected chi connectivity index (χ4v) is 4.05. The maximum absolute atomic E-state index is 12.8. The number of aromatic nitrogens is 3. The largest absolute Gasteiger partial charge is 0.467 e. The van der Waals surface area contributed by atoms with Crippen LogP contribution >= 0.6 is 23.4 Å². The predicted molar refractivity (Wildman–Crippen MR) is 125 cm³/mol. The van der Waals surface area contributed by atoms with Crippen molar-refractivity contribution in [3.63, 3.8) is 0 Å². The standard InChI is InChI=1S/C22H18ClN5O4S/c1-14(21(29)24-18-6-2-3-7-19(18)28(30)31)33-22-26-25-20(15-8-10-16(23)11-9-15)27(22)13-17-5-4-12-32-17/h2-12,14H,13H2,1H3,(H,24,29). The van der Waals surface area contributed by atoms with Crippen molar-refractivity contribution in [1.29, 1.82) is 0 Å². The molecule has 0 aliphatic heterocycles. The minimum Gasteiger partial charge on any atom is -0.467 e. The fourth-order valence-electron chi connectivity index (χ4n) is 3.07. The van der Waals surface area contributed by atoms with Crippen molar-refractivity contribution in [2.24, 2.45) is 0 Å². The highest BCUT2D eigenvalue weighted by Crippen LogP contribution is 2.30. The third-order valence-corrected chi connectivity index (χ3v) is 6.06. The van der Waals surface area contributed by atoms with Gasteiger partial charge in [0.25, 0.3) is 5.69 Å². The summed E-state index contributed by atoms with van der Waals surface area (Å²) in [6.07, 6.45) is 1.58. The number of nitro groups is 1. The Bertz CT molecular complexity index is 1270. The van der Waals surface area contributed by atoms with Crippen LogP contribution in [-0.4, -0.2) is 30.8 Å². The quantitative estimate of drug-likeness (QED) is 0.206. The number of thioether (sulfide) groups is 1. The lowest BCUT2D eigenvalue weighted by molar-refractivity contribution is -0.383. The van der Waals surface area contributed by atoms with E-state index in [1.165, 1.54) is 23.9 Å². The Labute approximate surface area is 197 Å². The summed E-state index contributed by atoms with van der Waals surface area (Å²) in [4.78, 5) is 23.5. The van der Waals surface area contributed by atoms with E-state index in [4.69, 9.17) is 16.0 Å². The van der Waals surface area contributed by atoms with Crippen molar-refractivity contribution in [2.45, 2.75) is 23.9 Å². The highest BCUT2D eigenvalue weighted by Gasteiger charge is 2.23. The van der Waals surface area contributed by atoms with E-state index in [0.29, 0.717) is 28.3 Å². The molecule has 0 fully saturated rings. The van der Waals surface area contributed by atoms with Crippen LogP contribution in [0.4, 0.5) is 11.4 Å². The first-order valence-electron chi connectivity index (χ1n) is 9.85. The van der Waals surface area contributed by atoms with Crippen molar-refractivity contribution < 1.29 is 14.1 Å². The molecule has 1 N–H and O–H groups in total. The molecule has 1 unspecified atom stereocenters. The lowest BCUT2D eigenvalue weighted by atomic mass is 10.2. The number of rotatable bonds is 8. The van der Waals surface area contributed by atoms with E-state index in [2.05, 4.69) is 15.5 Å². The molecule has 168 valence electrons. The van der Waals surface area contributed by atoms with Crippen LogP contribution in [-0.2, 0) is 11.3 Å². The Balaban J connectivity index is 1.58. The van der Waals surface area contributed by atoms with Gasteiger partial charge in [0.1, 0.15) is 11.4 Å². The molecule has 0 bridgehead atoms. The number of anilines is 1. The number of hydrogen-bond donors (Lipinski definition) is 1. The molecule has 4 aromatic rings. The summed E-state index contributed by atoms with van der Waals surface area (Å²) < 4.78 is 7.34. The molecule has 2 heterocycles. The number of nitrogens with zero attached hydrogens (tertiary/aromatic N) is 4. The Morgan fingerprint density at radius 2 is 1.94 bits per heavy atom. The molecule has 33 heavy (non-hydrogen) atoms. The smallest absolute Gasteiger partial charge is 0.292 e. The number of para-hydroxylation sites is 2. The summed E-state index contributed by atoms with van der Waals surface area (Å²) in [6, 6.07) is 16.8. The number of carbonyl (C=O) groups excluding carboxylic acids is 1. The van der Waals surface area contributed by atoms with Crippen LogP contribution in [0.5, 0.6) is 0 Å². The highest BCUT2D eigenvalue weighted by atomic mass is 35.5. The lowest BCUT2D eigenvalue weighted by Gasteiger charge is -2.13. The molecule has 4 rings (SSSR count). The van der Waals surface area contributed by atoms with E-state index in [1.807, 2.05) is 22.8 Å². The summed E-state index contributed by atoms with van der Waals surface area (Å²) in [6.45, 7) is 2.06. The minimum atomic E-state index is -0.609. The molecule has 0 radical (unpaired) electrons. The first-order chi connectivity index (χ1) is 15.9. The third kappa shape index (κ3) is 5.24. The van der Waals surface area contributed by atoms with Gasteiger partial charge in [0.2, 0.25) is 5.91 Å². The second kappa shape index (κ2) is 9.88. The van der Waals surface area contributed by atoms with Crippen molar-refractivity contribution in [3.8, 4) is 11.4 Å². The maximum Gasteiger partial charge on any atom is 0.292 e. The first-order valence-corrected chi connectivity index (χ1v) is 11.1. The number of nitrogens with one attached hydrogen (secondary N) is 1. The topological polar surface area (TPSA) is 116 Å². The van der Waals surface area contributed by atoms with Crippen LogP contribution < -0.4 is 5.32 Å². The van der Waals surface area contributed by atoms with E-state index in [1.54, 1.807) is 43.5 Å². The number of amides is 1. The van der Waals surface area contributed by atoms with Crippen LogP contribution in [0.3, 0.4) is 0 Å². The fraction of sp³-hybridized carbons (Fsp3) is 0.136. The number of benzene rings is 2. The Kier molecular flexibility index (Phi) is 6.76. The van der Waals surface area contributed by atoms with E-state index in [-0.39, 0.29) is 11.4 Å². The van der Waals surface area contributed by atoms with Gasteiger partial charge < -0.3 is 9.73 Å². The van der Waals surface area contributed by atoms with Crippen LogP contribution in [0.1, 0.15) is 12.7 Å². The van der Waals surface area contributed by atoms with E-state index >= 15 is 0 Å². The molecule has 0 saturated heterocycles. The minimum absolute atomic E-state index is 0.138. The first kappa shape index (κ1) is 22.6. The molecule has 1 atom stereocenters. The SMILES string of the molecule is CC(Sc1nnc(-c2ccc(Cl)cc2)n1Cc1ccco1)C(=O)Nc1ccccc1[N+](=O)[O-]. The number of carbonyl (C=O) groups is 1. The monoisotopic (exact) mass is 483 g/mol. The van der Waals surface area contributed by atoms with Crippen molar-refractivity contribution in [2.75, 3.05) is 5.32 Å². The molecule has 2 aromatic heterocycles. The lowest BCUT2D eigenvalue weighted by Crippen LogP contribution is -2.23. The summed E-state index contributed by atoms with van der Waals surface area (Å²) in [5, 5.41) is 23.0. The van der Waals surface area contributed by atoms with E-state index in [9.17, 15) is 14.9 Å². The molecule has 0 saturated carbocycles. The zero-order chi connectivity index (χ0) is 23.4. The summed E-state index contributed by atoms with van der Waals surface area (Å²) in [5.74, 6) is 0.899.